The van der Waals surface area contributed by atoms with Crippen molar-refractivity contribution in [2.75, 3.05) is 0 Å². The van der Waals surface area contributed by atoms with Crippen molar-refractivity contribution in [2.45, 2.75) is 32.2 Å². The van der Waals surface area contributed by atoms with Gasteiger partial charge in [-0.3, -0.25) is 0 Å². The van der Waals surface area contributed by atoms with E-state index < -0.39 is 7.42 Å². The van der Waals surface area contributed by atoms with Gasteiger partial charge in [0, 0.05) is 0 Å². The first-order valence-electron chi connectivity index (χ1n) is 4.87. The van der Waals surface area contributed by atoms with Crippen LogP contribution in [-0.4, -0.2) is 7.42 Å². The molecule has 0 saturated carbocycles. The summed E-state index contributed by atoms with van der Waals surface area (Å²) in [5.41, 5.74) is 2.75. The number of aryl methyl sites for hydroxylation is 1. The molecule has 0 saturated heterocycles. The molecule has 0 bridgehead atoms. The summed E-state index contributed by atoms with van der Waals surface area (Å²) in [6.07, 6.45) is 1.11. The second kappa shape index (κ2) is 5.79. The third-order valence-corrected chi connectivity index (χ3v) is 4.25. The smallest absolute Gasteiger partial charge is 0.147 e. The average Bonchev–Trinajstić information content (AvgIpc) is 2.15. The van der Waals surface area contributed by atoms with E-state index in [9.17, 15) is 0 Å². The molecule has 0 fully saturated rings. The highest BCUT2D eigenvalue weighted by molar-refractivity contribution is 7.33. The van der Waals surface area contributed by atoms with Crippen LogP contribution in [0, 0.1) is 6.92 Å². The molecule has 0 heterocycles. The molecule has 0 spiro atoms. The first-order chi connectivity index (χ1) is 6.65. The van der Waals surface area contributed by atoms with Crippen molar-refractivity contribution >= 4 is 29.6 Å². The van der Waals surface area contributed by atoms with Gasteiger partial charge in [-0.2, -0.15) is 0 Å². The van der Waals surface area contributed by atoms with Crippen LogP contribution in [0.25, 0.3) is 0 Å². The minimum Gasteiger partial charge on any atom is -0.147 e. The van der Waals surface area contributed by atoms with Crippen LogP contribution in [0.15, 0.2) is 24.3 Å². The van der Waals surface area contributed by atoms with Gasteiger partial charge in [-0.1, -0.05) is 31.2 Å². The summed E-state index contributed by atoms with van der Waals surface area (Å²) >= 11 is 11.8. The van der Waals surface area contributed by atoms with E-state index in [4.69, 9.17) is 22.2 Å². The molecular formula is C11H15Cl2Si. The summed E-state index contributed by atoms with van der Waals surface area (Å²) in [6, 6.07) is 9.42. The van der Waals surface area contributed by atoms with Gasteiger partial charge in [0.15, 0.2) is 0 Å². The zero-order chi connectivity index (χ0) is 10.6. The van der Waals surface area contributed by atoms with E-state index in [1.165, 1.54) is 11.1 Å². The van der Waals surface area contributed by atoms with Crippen LogP contribution in [0.2, 0.25) is 6.04 Å². The van der Waals surface area contributed by atoms with E-state index >= 15 is 0 Å². The molecule has 1 radical (unpaired) electrons. The third-order valence-electron chi connectivity index (χ3n) is 2.52. The van der Waals surface area contributed by atoms with E-state index in [1.807, 2.05) is 0 Å². The SMILES string of the molecule is CCC(C[Si](Cl)Cl)c1ccccc1C. The lowest BCUT2D eigenvalue weighted by atomic mass is 9.94. The molecule has 0 aliphatic heterocycles. The monoisotopic (exact) mass is 245 g/mol. The fourth-order valence-corrected chi connectivity index (χ4v) is 3.70. The summed E-state index contributed by atoms with van der Waals surface area (Å²) in [7, 11) is -1.16. The van der Waals surface area contributed by atoms with Crippen LogP contribution >= 0.6 is 22.2 Å². The third kappa shape index (κ3) is 3.30. The van der Waals surface area contributed by atoms with Gasteiger partial charge in [0.2, 0.25) is 0 Å². The molecule has 1 aromatic carbocycles. The molecule has 1 rings (SSSR count). The van der Waals surface area contributed by atoms with Gasteiger partial charge in [-0.25, -0.2) is 0 Å². The van der Waals surface area contributed by atoms with Crippen LogP contribution in [-0.2, 0) is 0 Å². The van der Waals surface area contributed by atoms with Crippen LogP contribution in [0.1, 0.15) is 30.4 Å². The molecule has 77 valence electrons. The Balaban J connectivity index is 2.83. The first kappa shape index (κ1) is 12.1. The zero-order valence-electron chi connectivity index (χ0n) is 8.56. The predicted octanol–water partition coefficient (Wildman–Crippen LogP) is 4.45. The fraction of sp³-hybridized carbons (Fsp3) is 0.455. The van der Waals surface area contributed by atoms with Gasteiger partial charge in [0.25, 0.3) is 7.42 Å². The van der Waals surface area contributed by atoms with Gasteiger partial charge in [-0.15, -0.1) is 22.2 Å². The highest BCUT2D eigenvalue weighted by Crippen LogP contribution is 2.29. The normalized spacial score (nSPS) is 13.2. The quantitative estimate of drug-likeness (QED) is 0.543. The summed E-state index contributed by atoms with van der Waals surface area (Å²) in [4.78, 5) is 0. The molecule has 0 aromatic heterocycles. The molecule has 1 aromatic rings. The summed E-state index contributed by atoms with van der Waals surface area (Å²) in [5.74, 6) is 0.528. The summed E-state index contributed by atoms with van der Waals surface area (Å²) in [5, 5.41) is 0. The Hall–Kier alpha value is 0.0169. The fourth-order valence-electron chi connectivity index (χ4n) is 1.71. The van der Waals surface area contributed by atoms with E-state index in [2.05, 4.69) is 38.1 Å². The standard InChI is InChI=1S/C11H15Cl2Si/c1-3-10(8-14(12)13)11-7-5-4-6-9(11)2/h4-7,10H,3,8H2,1-2H3. The van der Waals surface area contributed by atoms with E-state index in [0.29, 0.717) is 5.92 Å². The lowest BCUT2D eigenvalue weighted by molar-refractivity contribution is 0.725. The molecule has 0 amide bonds. The van der Waals surface area contributed by atoms with Gasteiger partial charge in [0.05, 0.1) is 0 Å². The molecular weight excluding hydrogens is 231 g/mol. The maximum Gasteiger partial charge on any atom is 0.274 e. The van der Waals surface area contributed by atoms with Crippen LogP contribution in [0.5, 0.6) is 0 Å². The number of hydrogen-bond donors (Lipinski definition) is 0. The van der Waals surface area contributed by atoms with Gasteiger partial charge >= 0.3 is 0 Å². The lowest BCUT2D eigenvalue weighted by Gasteiger charge is -2.17. The highest BCUT2D eigenvalue weighted by Gasteiger charge is 2.16. The lowest BCUT2D eigenvalue weighted by Crippen LogP contribution is -2.05. The molecule has 14 heavy (non-hydrogen) atoms. The topological polar surface area (TPSA) is 0 Å². The molecule has 0 N–H and O–H groups in total. The maximum atomic E-state index is 5.92. The Morgan fingerprint density at radius 3 is 2.43 bits per heavy atom. The van der Waals surface area contributed by atoms with Crippen molar-refractivity contribution in [3.8, 4) is 0 Å². The van der Waals surface area contributed by atoms with E-state index in [0.717, 1.165) is 12.5 Å². The minimum atomic E-state index is -1.16. The minimum absolute atomic E-state index is 0.528. The average molecular weight is 246 g/mol. The number of hydrogen-bond acceptors (Lipinski definition) is 0. The molecule has 0 aliphatic carbocycles. The Labute approximate surface area is 97.3 Å². The Kier molecular flexibility index (Phi) is 5.00. The van der Waals surface area contributed by atoms with Gasteiger partial charge in [-0.05, 0) is 36.4 Å². The van der Waals surface area contributed by atoms with Crippen molar-refractivity contribution in [1.82, 2.24) is 0 Å². The molecule has 3 heteroatoms. The Morgan fingerprint density at radius 1 is 1.29 bits per heavy atom. The second-order valence-corrected chi connectivity index (χ2v) is 7.91. The summed E-state index contributed by atoms with van der Waals surface area (Å²) < 4.78 is 0. The maximum absolute atomic E-state index is 5.92. The Bertz CT molecular complexity index is 286. The van der Waals surface area contributed by atoms with Gasteiger partial charge < -0.3 is 0 Å². The van der Waals surface area contributed by atoms with Crippen molar-refractivity contribution in [3.05, 3.63) is 35.4 Å². The molecule has 0 aliphatic rings. The van der Waals surface area contributed by atoms with Crippen molar-refractivity contribution in [2.24, 2.45) is 0 Å². The summed E-state index contributed by atoms with van der Waals surface area (Å²) in [6.45, 7) is 4.34. The van der Waals surface area contributed by atoms with Gasteiger partial charge in [0.1, 0.15) is 0 Å². The largest absolute Gasteiger partial charge is 0.274 e. The Morgan fingerprint density at radius 2 is 1.93 bits per heavy atom. The van der Waals surface area contributed by atoms with Crippen LogP contribution in [0.4, 0.5) is 0 Å². The molecule has 0 nitrogen and oxygen atoms in total. The van der Waals surface area contributed by atoms with E-state index in [-0.39, 0.29) is 0 Å². The first-order valence-corrected chi connectivity index (χ1v) is 8.60. The second-order valence-electron chi connectivity index (χ2n) is 3.50. The molecule has 1 atom stereocenters. The number of benzene rings is 1. The van der Waals surface area contributed by atoms with Crippen molar-refractivity contribution in [1.29, 1.82) is 0 Å². The van der Waals surface area contributed by atoms with Crippen molar-refractivity contribution in [3.63, 3.8) is 0 Å². The molecule has 1 unspecified atom stereocenters. The number of rotatable bonds is 4. The predicted molar refractivity (Wildman–Crippen MR) is 66.5 cm³/mol. The zero-order valence-corrected chi connectivity index (χ0v) is 11.1. The highest BCUT2D eigenvalue weighted by atomic mass is 35.7. The van der Waals surface area contributed by atoms with Crippen molar-refractivity contribution < 1.29 is 0 Å². The number of halogens is 2. The van der Waals surface area contributed by atoms with Crippen LogP contribution in [0.3, 0.4) is 0 Å². The van der Waals surface area contributed by atoms with Crippen LogP contribution < -0.4 is 0 Å². The van der Waals surface area contributed by atoms with E-state index in [1.54, 1.807) is 0 Å².